The Morgan fingerprint density at radius 3 is 2.47 bits per heavy atom. The van der Waals surface area contributed by atoms with Crippen LogP contribution in [0.4, 0.5) is 5.82 Å². The molecule has 0 bridgehead atoms. The minimum Gasteiger partial charge on any atom is -0.356 e. The van der Waals surface area contributed by atoms with Gasteiger partial charge in [-0.25, -0.2) is 9.97 Å². The Morgan fingerprint density at radius 2 is 1.77 bits per heavy atom. The van der Waals surface area contributed by atoms with E-state index in [1.807, 2.05) is 10.6 Å². The molecule has 0 aliphatic carbocycles. The average molecular weight is 409 g/mol. The van der Waals surface area contributed by atoms with Gasteiger partial charge in [0, 0.05) is 57.1 Å². The van der Waals surface area contributed by atoms with Gasteiger partial charge < -0.3 is 9.47 Å². The van der Waals surface area contributed by atoms with Gasteiger partial charge in [0.1, 0.15) is 12.1 Å². The summed E-state index contributed by atoms with van der Waals surface area (Å²) >= 11 is 0. The van der Waals surface area contributed by atoms with Crippen molar-refractivity contribution in [2.45, 2.75) is 32.7 Å². The lowest BCUT2D eigenvalue weighted by molar-refractivity contribution is 0.299. The Morgan fingerprint density at radius 1 is 1.03 bits per heavy atom. The number of fused-ring (bicyclic) bond motifs is 2. The van der Waals surface area contributed by atoms with Gasteiger partial charge in [0.2, 0.25) is 5.65 Å². The van der Waals surface area contributed by atoms with Crippen molar-refractivity contribution in [3.8, 4) is 0 Å². The summed E-state index contributed by atoms with van der Waals surface area (Å²) in [6.07, 6.45) is 5.32. The molecule has 0 amide bonds. The first-order chi connectivity index (χ1) is 14.3. The van der Waals surface area contributed by atoms with Gasteiger partial charge in [-0.1, -0.05) is 20.8 Å². The van der Waals surface area contributed by atoms with Crippen LogP contribution in [-0.4, -0.2) is 60.2 Å². The molecule has 2 aliphatic heterocycles. The van der Waals surface area contributed by atoms with Crippen LogP contribution in [-0.2, 0) is 19.0 Å². The molecule has 30 heavy (non-hydrogen) atoms. The highest BCUT2D eigenvalue weighted by molar-refractivity contribution is 5.42. The molecule has 0 spiro atoms. The van der Waals surface area contributed by atoms with E-state index in [-0.39, 0.29) is 11.0 Å². The van der Waals surface area contributed by atoms with Crippen molar-refractivity contribution in [2.24, 2.45) is 18.9 Å². The van der Waals surface area contributed by atoms with Gasteiger partial charge in [0.15, 0.2) is 5.82 Å². The highest BCUT2D eigenvalue weighted by atomic mass is 16.1. The second-order valence-electron chi connectivity index (χ2n) is 9.65. The van der Waals surface area contributed by atoms with Gasteiger partial charge in [-0.3, -0.25) is 14.1 Å². The molecule has 0 N–H and O–H groups in total. The Hall–Kier alpha value is -2.81. The van der Waals surface area contributed by atoms with Crippen LogP contribution in [0.3, 0.4) is 0 Å². The van der Waals surface area contributed by atoms with Crippen LogP contribution in [0.1, 0.15) is 32.3 Å². The second kappa shape index (κ2) is 6.87. The third-order valence-corrected chi connectivity index (χ3v) is 6.39. The van der Waals surface area contributed by atoms with Crippen LogP contribution in [0.5, 0.6) is 0 Å². The fourth-order valence-electron chi connectivity index (χ4n) is 4.66. The molecule has 3 aromatic rings. The third kappa shape index (κ3) is 3.27. The zero-order valence-corrected chi connectivity index (χ0v) is 18.0. The highest BCUT2D eigenvalue weighted by Crippen LogP contribution is 2.34. The minimum atomic E-state index is -0.121. The molecule has 0 aromatic carbocycles. The minimum absolute atomic E-state index is 0.0199. The summed E-state index contributed by atoms with van der Waals surface area (Å²) in [6, 6.07) is 2.14. The Labute approximate surface area is 175 Å². The average Bonchev–Trinajstić information content (AvgIpc) is 3.38. The van der Waals surface area contributed by atoms with E-state index in [4.69, 9.17) is 0 Å². The zero-order valence-electron chi connectivity index (χ0n) is 18.0. The Kier molecular flexibility index (Phi) is 4.39. The van der Waals surface area contributed by atoms with Crippen molar-refractivity contribution in [1.29, 1.82) is 0 Å². The maximum Gasteiger partial charge on any atom is 0.295 e. The number of hydrogen-bond acceptors (Lipinski definition) is 7. The molecule has 9 nitrogen and oxygen atoms in total. The molecular weight excluding hydrogens is 380 g/mol. The smallest absolute Gasteiger partial charge is 0.295 e. The molecule has 9 heteroatoms. The summed E-state index contributed by atoms with van der Waals surface area (Å²) in [6.45, 7) is 11.3. The first-order valence-corrected chi connectivity index (χ1v) is 10.5. The SMILES string of the molecule is Cn1ccn2c(CN3CC4CN(c5cc(C(C)(C)C)ncn5)CC4C3)nnc2c1=O. The van der Waals surface area contributed by atoms with E-state index in [0.29, 0.717) is 24.0 Å². The van der Waals surface area contributed by atoms with Crippen molar-refractivity contribution >= 4 is 11.5 Å². The molecule has 2 unspecified atom stereocenters. The molecule has 158 valence electrons. The van der Waals surface area contributed by atoms with E-state index in [0.717, 1.165) is 43.5 Å². The molecule has 2 aliphatic rings. The molecule has 0 radical (unpaired) electrons. The summed E-state index contributed by atoms with van der Waals surface area (Å²) in [5.41, 5.74) is 1.37. The topological polar surface area (TPSA) is 84.4 Å². The number of likely N-dealkylation sites (tertiary alicyclic amines) is 1. The monoisotopic (exact) mass is 408 g/mol. The molecule has 2 atom stereocenters. The highest BCUT2D eigenvalue weighted by Gasteiger charge is 2.40. The number of nitrogens with zero attached hydrogens (tertiary/aromatic N) is 8. The van der Waals surface area contributed by atoms with Gasteiger partial charge >= 0.3 is 0 Å². The third-order valence-electron chi connectivity index (χ3n) is 6.39. The van der Waals surface area contributed by atoms with Crippen LogP contribution in [0, 0.1) is 11.8 Å². The molecule has 5 rings (SSSR count). The molecule has 0 saturated carbocycles. The maximum absolute atomic E-state index is 12.2. The number of rotatable bonds is 3. The largest absolute Gasteiger partial charge is 0.356 e. The standard InChI is InChI=1S/C21H28N8O/c1-21(2,3)16-7-17(23-13-22-16)28-10-14-8-27(9-15(14)11-28)12-18-24-25-19-20(30)26(4)5-6-29(18)19/h5-7,13-15H,8-12H2,1-4H3. The Balaban J connectivity index is 1.27. The molecular formula is C21H28N8O. The van der Waals surface area contributed by atoms with Crippen molar-refractivity contribution < 1.29 is 0 Å². The molecule has 2 fully saturated rings. The van der Waals surface area contributed by atoms with E-state index in [1.54, 1.807) is 19.6 Å². The zero-order chi connectivity index (χ0) is 21.0. The van der Waals surface area contributed by atoms with Gasteiger partial charge in [0.25, 0.3) is 5.56 Å². The summed E-state index contributed by atoms with van der Waals surface area (Å²) < 4.78 is 3.35. The number of aromatic nitrogens is 6. The summed E-state index contributed by atoms with van der Waals surface area (Å²) in [5, 5.41) is 8.38. The van der Waals surface area contributed by atoms with Crippen LogP contribution in [0.15, 0.2) is 29.6 Å². The second-order valence-corrected chi connectivity index (χ2v) is 9.65. The van der Waals surface area contributed by atoms with Crippen LogP contribution in [0.2, 0.25) is 0 Å². The lowest BCUT2D eigenvalue weighted by Gasteiger charge is -2.24. The van der Waals surface area contributed by atoms with E-state index in [1.165, 1.54) is 4.57 Å². The summed E-state index contributed by atoms with van der Waals surface area (Å²) in [7, 11) is 1.73. The van der Waals surface area contributed by atoms with E-state index in [2.05, 4.69) is 56.8 Å². The van der Waals surface area contributed by atoms with Crippen molar-refractivity contribution in [2.75, 3.05) is 31.1 Å². The quantitative estimate of drug-likeness (QED) is 0.641. The van der Waals surface area contributed by atoms with Crippen LogP contribution >= 0.6 is 0 Å². The first-order valence-electron chi connectivity index (χ1n) is 10.5. The van der Waals surface area contributed by atoms with Gasteiger partial charge in [-0.15, -0.1) is 10.2 Å². The molecule has 5 heterocycles. The van der Waals surface area contributed by atoms with E-state index in [9.17, 15) is 4.79 Å². The molecule has 2 saturated heterocycles. The molecule has 3 aromatic heterocycles. The number of hydrogen-bond donors (Lipinski definition) is 0. The fraction of sp³-hybridized carbons (Fsp3) is 0.571. The van der Waals surface area contributed by atoms with Gasteiger partial charge in [-0.2, -0.15) is 0 Å². The number of aryl methyl sites for hydroxylation is 1. The van der Waals surface area contributed by atoms with Crippen LogP contribution in [0.25, 0.3) is 5.65 Å². The van der Waals surface area contributed by atoms with E-state index >= 15 is 0 Å². The first kappa shape index (κ1) is 19.2. The van der Waals surface area contributed by atoms with Crippen molar-refractivity contribution in [3.05, 3.63) is 46.7 Å². The predicted molar refractivity (Wildman–Crippen MR) is 113 cm³/mol. The summed E-state index contributed by atoms with van der Waals surface area (Å²) in [4.78, 5) is 26.0. The lowest BCUT2D eigenvalue weighted by Crippen LogP contribution is -2.30. The predicted octanol–water partition coefficient (Wildman–Crippen LogP) is 1.08. The number of anilines is 1. The Bertz CT molecular complexity index is 1130. The van der Waals surface area contributed by atoms with Crippen molar-refractivity contribution in [1.82, 2.24) is 34.0 Å². The van der Waals surface area contributed by atoms with E-state index < -0.39 is 0 Å². The lowest BCUT2D eigenvalue weighted by atomic mass is 9.92. The maximum atomic E-state index is 12.2. The van der Waals surface area contributed by atoms with Gasteiger partial charge in [0.05, 0.1) is 12.2 Å². The van der Waals surface area contributed by atoms with Crippen molar-refractivity contribution in [3.63, 3.8) is 0 Å². The fourth-order valence-corrected chi connectivity index (χ4v) is 4.66. The van der Waals surface area contributed by atoms with Gasteiger partial charge in [-0.05, 0) is 11.8 Å². The summed E-state index contributed by atoms with van der Waals surface area (Å²) in [5.74, 6) is 3.09. The normalized spacial score (nSPS) is 22.2. The van der Waals surface area contributed by atoms with Crippen LogP contribution < -0.4 is 10.5 Å².